The highest BCUT2D eigenvalue weighted by atomic mass is 16.5. The summed E-state index contributed by atoms with van der Waals surface area (Å²) in [6.07, 6.45) is 2.54. The molecule has 1 aromatic heterocycles. The molecule has 0 fully saturated rings. The predicted molar refractivity (Wildman–Crippen MR) is 53.1 cm³/mol. The average Bonchev–Trinajstić information content (AvgIpc) is 2.62. The highest BCUT2D eigenvalue weighted by Crippen LogP contribution is 2.10. The van der Waals surface area contributed by atoms with Crippen LogP contribution in [0, 0.1) is 0 Å². The summed E-state index contributed by atoms with van der Waals surface area (Å²) in [5, 5.41) is 9.27. The highest BCUT2D eigenvalue weighted by Gasteiger charge is 2.06. The van der Waals surface area contributed by atoms with E-state index in [4.69, 9.17) is 4.74 Å². The van der Waals surface area contributed by atoms with Crippen LogP contribution in [-0.2, 0) is 16.0 Å². The Labute approximate surface area is 82.8 Å². The second-order valence-corrected chi connectivity index (χ2v) is 2.81. The maximum atomic E-state index is 11.3. The molecular weight excluding hydrogens is 182 g/mol. The average molecular weight is 197 g/mol. The molecule has 0 bridgehead atoms. The lowest BCUT2D eigenvalue weighted by atomic mass is 10.2. The first-order chi connectivity index (χ1) is 6.77. The van der Waals surface area contributed by atoms with Crippen molar-refractivity contribution in [2.45, 2.75) is 20.3 Å². The molecule has 0 aliphatic carbocycles. The number of nitrogens with zero attached hydrogens (tertiary/aromatic N) is 1. The van der Waals surface area contributed by atoms with E-state index in [0.717, 1.165) is 12.0 Å². The smallest absolute Gasteiger partial charge is 0.251 e. The minimum absolute atomic E-state index is 0.0820. The van der Waals surface area contributed by atoms with E-state index in [1.54, 1.807) is 6.20 Å². The number of carbonyl (C=O) groups is 1. The molecular formula is C9H15N3O2. The SMILES string of the molecule is CCOCC(=O)Nc1[nH]ncc1CC. The van der Waals surface area contributed by atoms with Crippen LogP contribution in [0.1, 0.15) is 19.4 Å². The summed E-state index contributed by atoms with van der Waals surface area (Å²) in [4.78, 5) is 11.3. The molecule has 14 heavy (non-hydrogen) atoms. The Kier molecular flexibility index (Phi) is 4.12. The van der Waals surface area contributed by atoms with Gasteiger partial charge in [-0.15, -0.1) is 0 Å². The van der Waals surface area contributed by atoms with Crippen LogP contribution in [0.4, 0.5) is 5.82 Å². The maximum Gasteiger partial charge on any atom is 0.251 e. The Balaban J connectivity index is 2.47. The summed E-state index contributed by atoms with van der Waals surface area (Å²) in [6, 6.07) is 0. The van der Waals surface area contributed by atoms with Crippen molar-refractivity contribution in [3.63, 3.8) is 0 Å². The number of carbonyl (C=O) groups excluding carboxylic acids is 1. The Morgan fingerprint density at radius 2 is 2.43 bits per heavy atom. The number of anilines is 1. The van der Waals surface area contributed by atoms with Crippen LogP contribution in [0.15, 0.2) is 6.20 Å². The summed E-state index contributed by atoms with van der Waals surface area (Å²) in [6.45, 7) is 4.47. The van der Waals surface area contributed by atoms with E-state index in [2.05, 4.69) is 15.5 Å². The van der Waals surface area contributed by atoms with E-state index in [1.165, 1.54) is 0 Å². The molecule has 0 saturated carbocycles. The third-order valence-corrected chi connectivity index (χ3v) is 1.80. The fraction of sp³-hybridized carbons (Fsp3) is 0.556. The van der Waals surface area contributed by atoms with Gasteiger partial charge in [-0.2, -0.15) is 5.10 Å². The second kappa shape index (κ2) is 5.39. The summed E-state index contributed by atoms with van der Waals surface area (Å²) in [5.74, 6) is 0.503. The van der Waals surface area contributed by atoms with Crippen LogP contribution < -0.4 is 5.32 Å². The summed E-state index contributed by atoms with van der Waals surface area (Å²) >= 11 is 0. The topological polar surface area (TPSA) is 67.0 Å². The van der Waals surface area contributed by atoms with Gasteiger partial charge < -0.3 is 10.1 Å². The van der Waals surface area contributed by atoms with Crippen LogP contribution in [-0.4, -0.2) is 29.3 Å². The standard InChI is InChI=1S/C9H15N3O2/c1-3-7-5-10-12-9(7)11-8(13)6-14-4-2/h5H,3-4,6H2,1-2H3,(H2,10,11,12,13). The van der Waals surface area contributed by atoms with Crippen molar-refractivity contribution in [1.29, 1.82) is 0 Å². The van der Waals surface area contributed by atoms with Crippen molar-refractivity contribution in [3.8, 4) is 0 Å². The Morgan fingerprint density at radius 3 is 3.07 bits per heavy atom. The van der Waals surface area contributed by atoms with Gasteiger partial charge in [0, 0.05) is 12.2 Å². The van der Waals surface area contributed by atoms with Gasteiger partial charge in [0.05, 0.1) is 6.20 Å². The van der Waals surface area contributed by atoms with E-state index in [1.807, 2.05) is 13.8 Å². The third kappa shape index (κ3) is 2.85. The number of aromatic nitrogens is 2. The summed E-state index contributed by atoms with van der Waals surface area (Å²) in [5.41, 5.74) is 0.995. The molecule has 1 amide bonds. The first-order valence-corrected chi connectivity index (χ1v) is 4.67. The number of rotatable bonds is 5. The van der Waals surface area contributed by atoms with Gasteiger partial charge in [-0.1, -0.05) is 6.92 Å². The normalized spacial score (nSPS) is 10.1. The zero-order valence-electron chi connectivity index (χ0n) is 8.46. The molecule has 5 heteroatoms. The van der Waals surface area contributed by atoms with Gasteiger partial charge >= 0.3 is 0 Å². The van der Waals surface area contributed by atoms with E-state index < -0.39 is 0 Å². The van der Waals surface area contributed by atoms with Gasteiger partial charge in [0.25, 0.3) is 5.91 Å². The van der Waals surface area contributed by atoms with Crippen LogP contribution in [0.5, 0.6) is 0 Å². The Morgan fingerprint density at radius 1 is 1.64 bits per heavy atom. The molecule has 1 rings (SSSR count). The minimum Gasteiger partial charge on any atom is -0.372 e. The maximum absolute atomic E-state index is 11.3. The van der Waals surface area contributed by atoms with Gasteiger partial charge in [-0.05, 0) is 13.3 Å². The molecule has 1 heterocycles. The monoisotopic (exact) mass is 197 g/mol. The van der Waals surface area contributed by atoms with Gasteiger partial charge in [0.15, 0.2) is 0 Å². The molecule has 0 aliphatic heterocycles. The number of hydrogen-bond acceptors (Lipinski definition) is 3. The predicted octanol–water partition coefficient (Wildman–Crippen LogP) is 0.947. The van der Waals surface area contributed by atoms with Gasteiger partial charge in [0.1, 0.15) is 12.4 Å². The first-order valence-electron chi connectivity index (χ1n) is 4.67. The van der Waals surface area contributed by atoms with Crippen LogP contribution in [0.3, 0.4) is 0 Å². The zero-order valence-corrected chi connectivity index (χ0v) is 8.46. The number of amides is 1. The van der Waals surface area contributed by atoms with Crippen molar-refractivity contribution >= 4 is 11.7 Å². The van der Waals surface area contributed by atoms with Crippen molar-refractivity contribution in [2.24, 2.45) is 0 Å². The van der Waals surface area contributed by atoms with Gasteiger partial charge in [-0.3, -0.25) is 9.89 Å². The number of hydrogen-bond donors (Lipinski definition) is 2. The molecule has 0 spiro atoms. The fourth-order valence-electron chi connectivity index (χ4n) is 1.06. The van der Waals surface area contributed by atoms with Gasteiger partial charge in [-0.25, -0.2) is 0 Å². The highest BCUT2D eigenvalue weighted by molar-refractivity contribution is 5.91. The largest absolute Gasteiger partial charge is 0.372 e. The number of H-pyrrole nitrogens is 1. The molecule has 0 unspecified atom stereocenters. The Bertz CT molecular complexity index is 296. The van der Waals surface area contributed by atoms with E-state index in [-0.39, 0.29) is 12.5 Å². The Hall–Kier alpha value is -1.36. The molecule has 0 atom stereocenters. The van der Waals surface area contributed by atoms with Crippen LogP contribution >= 0.6 is 0 Å². The quantitative estimate of drug-likeness (QED) is 0.738. The van der Waals surface area contributed by atoms with Crippen molar-refractivity contribution in [2.75, 3.05) is 18.5 Å². The summed E-state index contributed by atoms with van der Waals surface area (Å²) < 4.78 is 4.97. The number of ether oxygens (including phenoxy) is 1. The number of aromatic amines is 1. The second-order valence-electron chi connectivity index (χ2n) is 2.81. The lowest BCUT2D eigenvalue weighted by Gasteiger charge is -2.04. The van der Waals surface area contributed by atoms with Crippen molar-refractivity contribution < 1.29 is 9.53 Å². The minimum atomic E-state index is -0.161. The molecule has 0 radical (unpaired) electrons. The van der Waals surface area contributed by atoms with E-state index in [0.29, 0.717) is 12.4 Å². The van der Waals surface area contributed by atoms with Crippen molar-refractivity contribution in [1.82, 2.24) is 10.2 Å². The van der Waals surface area contributed by atoms with Gasteiger partial charge in [0.2, 0.25) is 0 Å². The first kappa shape index (κ1) is 10.7. The van der Waals surface area contributed by atoms with E-state index >= 15 is 0 Å². The van der Waals surface area contributed by atoms with Crippen LogP contribution in [0.2, 0.25) is 0 Å². The van der Waals surface area contributed by atoms with E-state index in [9.17, 15) is 4.79 Å². The van der Waals surface area contributed by atoms with Crippen molar-refractivity contribution in [3.05, 3.63) is 11.8 Å². The lowest BCUT2D eigenvalue weighted by molar-refractivity contribution is -0.120. The molecule has 5 nitrogen and oxygen atoms in total. The molecule has 0 aromatic carbocycles. The zero-order chi connectivity index (χ0) is 10.4. The molecule has 0 saturated heterocycles. The molecule has 0 aliphatic rings. The summed E-state index contributed by atoms with van der Waals surface area (Å²) in [7, 11) is 0. The number of aryl methyl sites for hydroxylation is 1. The third-order valence-electron chi connectivity index (χ3n) is 1.80. The fourth-order valence-corrected chi connectivity index (χ4v) is 1.06. The molecule has 78 valence electrons. The van der Waals surface area contributed by atoms with Crippen LogP contribution in [0.25, 0.3) is 0 Å². The molecule has 1 aromatic rings. The molecule has 2 N–H and O–H groups in total. The number of nitrogens with one attached hydrogen (secondary N) is 2. The lowest BCUT2D eigenvalue weighted by Crippen LogP contribution is -2.19.